The molecule has 5 nitrogen and oxygen atoms in total. The molecule has 0 amide bonds. The van der Waals surface area contributed by atoms with E-state index >= 15 is 0 Å². The molecule has 1 heterocycles. The third-order valence-corrected chi connectivity index (χ3v) is 6.69. The number of anilines is 1. The van der Waals surface area contributed by atoms with Crippen LogP contribution in [0.3, 0.4) is 0 Å². The van der Waals surface area contributed by atoms with Crippen molar-refractivity contribution in [2.75, 3.05) is 4.72 Å². The summed E-state index contributed by atoms with van der Waals surface area (Å²) in [5, 5.41) is 9.72. The molecule has 0 aliphatic carbocycles. The summed E-state index contributed by atoms with van der Waals surface area (Å²) in [6.45, 7) is 2.05. The van der Waals surface area contributed by atoms with Crippen molar-refractivity contribution in [3.8, 4) is 16.6 Å². The summed E-state index contributed by atoms with van der Waals surface area (Å²) in [5.74, 6) is 0. The van der Waals surface area contributed by atoms with Crippen LogP contribution in [0.1, 0.15) is 11.1 Å². The highest BCUT2D eigenvalue weighted by molar-refractivity contribution is 7.92. The number of fused-ring (bicyclic) bond motifs is 1. The molecule has 1 N–H and O–H groups in total. The summed E-state index contributed by atoms with van der Waals surface area (Å²) in [6.07, 6.45) is 0. The number of nitrogens with one attached hydrogen (secondary N) is 1. The van der Waals surface area contributed by atoms with Crippen molar-refractivity contribution in [3.05, 3.63) is 77.9 Å². The van der Waals surface area contributed by atoms with Crippen molar-refractivity contribution in [2.45, 2.75) is 11.8 Å². The lowest BCUT2D eigenvalue weighted by atomic mass is 10.2. The van der Waals surface area contributed by atoms with Crippen LogP contribution in [0.25, 0.3) is 20.8 Å². The monoisotopic (exact) mass is 405 g/mol. The summed E-state index contributed by atoms with van der Waals surface area (Å²) in [7, 11) is -3.71. The highest BCUT2D eigenvalue weighted by Gasteiger charge is 2.14. The molecular weight excluding hydrogens is 390 g/mol. The van der Waals surface area contributed by atoms with E-state index < -0.39 is 10.0 Å². The van der Waals surface area contributed by atoms with Gasteiger partial charge in [0.05, 0.1) is 26.7 Å². The zero-order valence-electron chi connectivity index (χ0n) is 14.9. The van der Waals surface area contributed by atoms with Gasteiger partial charge in [0.25, 0.3) is 10.0 Å². The van der Waals surface area contributed by atoms with Crippen LogP contribution in [-0.4, -0.2) is 13.4 Å². The first-order valence-corrected chi connectivity index (χ1v) is 10.8. The first-order chi connectivity index (χ1) is 13.4. The summed E-state index contributed by atoms with van der Waals surface area (Å²) in [5.41, 5.74) is 3.95. The lowest BCUT2D eigenvalue weighted by Crippen LogP contribution is -2.12. The molecule has 4 rings (SSSR count). The van der Waals surface area contributed by atoms with Gasteiger partial charge in [-0.1, -0.05) is 6.07 Å². The first-order valence-electron chi connectivity index (χ1n) is 8.45. The molecule has 0 aliphatic rings. The minimum absolute atomic E-state index is 0.108. The number of hydrogen-bond donors (Lipinski definition) is 1. The van der Waals surface area contributed by atoms with Crippen LogP contribution in [0.15, 0.2) is 71.6 Å². The van der Waals surface area contributed by atoms with Gasteiger partial charge in [-0.05, 0) is 73.2 Å². The maximum absolute atomic E-state index is 12.5. The van der Waals surface area contributed by atoms with E-state index in [2.05, 4.69) is 15.8 Å². The molecule has 0 saturated carbocycles. The topological polar surface area (TPSA) is 82.8 Å². The van der Waals surface area contributed by atoms with E-state index in [4.69, 9.17) is 5.26 Å². The average Bonchev–Trinajstić information content (AvgIpc) is 3.11. The summed E-state index contributed by atoms with van der Waals surface area (Å²) in [6, 6.07) is 21.0. The van der Waals surface area contributed by atoms with Gasteiger partial charge in [-0.15, -0.1) is 11.3 Å². The number of nitrogens with zero attached hydrogens (tertiary/aromatic N) is 2. The first kappa shape index (κ1) is 18.2. The fourth-order valence-corrected chi connectivity index (χ4v) is 4.89. The molecular formula is C21H15N3O2S2. The second kappa shape index (κ2) is 7.08. The van der Waals surface area contributed by atoms with Gasteiger partial charge >= 0.3 is 0 Å². The van der Waals surface area contributed by atoms with E-state index in [-0.39, 0.29) is 4.90 Å². The Balaban J connectivity index is 1.57. The van der Waals surface area contributed by atoms with Crippen LogP contribution < -0.4 is 4.72 Å². The van der Waals surface area contributed by atoms with E-state index in [1.54, 1.807) is 23.5 Å². The average molecular weight is 406 g/mol. The molecule has 7 heteroatoms. The van der Waals surface area contributed by atoms with Crippen molar-refractivity contribution in [1.29, 1.82) is 5.26 Å². The van der Waals surface area contributed by atoms with Crippen LogP contribution in [-0.2, 0) is 10.0 Å². The molecule has 0 spiro atoms. The smallest absolute Gasteiger partial charge is 0.261 e. The molecule has 28 heavy (non-hydrogen) atoms. The second-order valence-electron chi connectivity index (χ2n) is 6.31. The minimum atomic E-state index is -3.71. The summed E-state index contributed by atoms with van der Waals surface area (Å²) in [4.78, 5) is 4.75. The lowest BCUT2D eigenvalue weighted by molar-refractivity contribution is 0.601. The molecule has 0 unspecified atom stereocenters. The molecule has 0 radical (unpaired) electrons. The Morgan fingerprint density at radius 1 is 1.00 bits per heavy atom. The fraction of sp³-hybridized carbons (Fsp3) is 0.0476. The second-order valence-corrected chi connectivity index (χ2v) is 9.02. The number of aromatic nitrogens is 1. The zero-order valence-corrected chi connectivity index (χ0v) is 16.5. The number of sulfonamides is 1. The molecule has 4 aromatic rings. The van der Waals surface area contributed by atoms with Crippen LogP contribution in [0, 0.1) is 18.3 Å². The predicted octanol–water partition coefficient (Wildman–Crippen LogP) is 4.94. The Hall–Kier alpha value is -3.21. The van der Waals surface area contributed by atoms with E-state index in [0.717, 1.165) is 20.8 Å². The maximum Gasteiger partial charge on any atom is 0.261 e. The number of rotatable bonds is 4. The van der Waals surface area contributed by atoms with Gasteiger partial charge < -0.3 is 0 Å². The highest BCUT2D eigenvalue weighted by Crippen LogP contribution is 2.31. The predicted molar refractivity (Wildman–Crippen MR) is 112 cm³/mol. The standard InChI is InChI=1S/C21H15N3O2S2/c1-14-2-11-19-20(12-14)27-21(23-19)16-5-7-17(8-6-16)24-28(25,26)18-9-3-15(13-22)4-10-18/h2-12,24H,1H3. The van der Waals surface area contributed by atoms with E-state index in [1.165, 1.54) is 29.8 Å². The highest BCUT2D eigenvalue weighted by atomic mass is 32.2. The fourth-order valence-electron chi connectivity index (χ4n) is 2.76. The number of nitriles is 1. The number of aryl methyl sites for hydroxylation is 1. The number of benzene rings is 3. The molecule has 0 fully saturated rings. The van der Waals surface area contributed by atoms with Crippen molar-refractivity contribution >= 4 is 37.3 Å². The summed E-state index contributed by atoms with van der Waals surface area (Å²) >= 11 is 1.61. The van der Waals surface area contributed by atoms with Crippen molar-refractivity contribution in [3.63, 3.8) is 0 Å². The number of thiazole rings is 1. The Bertz CT molecular complexity index is 1300. The lowest BCUT2D eigenvalue weighted by Gasteiger charge is -2.08. The largest absolute Gasteiger partial charge is 0.280 e. The van der Waals surface area contributed by atoms with Gasteiger partial charge in [0.15, 0.2) is 0 Å². The van der Waals surface area contributed by atoms with Gasteiger partial charge in [-0.3, -0.25) is 4.72 Å². The van der Waals surface area contributed by atoms with Gasteiger partial charge in [0.2, 0.25) is 0 Å². The van der Waals surface area contributed by atoms with Crippen LogP contribution in [0.2, 0.25) is 0 Å². The van der Waals surface area contributed by atoms with Gasteiger partial charge in [-0.2, -0.15) is 5.26 Å². The maximum atomic E-state index is 12.5. The van der Waals surface area contributed by atoms with E-state index in [0.29, 0.717) is 11.3 Å². The summed E-state index contributed by atoms with van der Waals surface area (Å²) < 4.78 is 28.7. The molecule has 0 aliphatic heterocycles. The Labute approximate surface area is 167 Å². The van der Waals surface area contributed by atoms with Gasteiger partial charge in [0.1, 0.15) is 5.01 Å². The van der Waals surface area contributed by atoms with Crippen LogP contribution in [0.4, 0.5) is 5.69 Å². The SMILES string of the molecule is Cc1ccc2nc(-c3ccc(NS(=O)(=O)c4ccc(C#N)cc4)cc3)sc2c1. The molecule has 3 aromatic carbocycles. The molecule has 0 saturated heterocycles. The third kappa shape index (κ3) is 3.60. The van der Waals surface area contributed by atoms with E-state index in [9.17, 15) is 8.42 Å². The van der Waals surface area contributed by atoms with E-state index in [1.807, 2.05) is 37.3 Å². The molecule has 138 valence electrons. The Morgan fingerprint density at radius 2 is 1.71 bits per heavy atom. The number of hydrogen-bond acceptors (Lipinski definition) is 5. The molecule has 0 bridgehead atoms. The zero-order chi connectivity index (χ0) is 19.7. The molecule has 0 atom stereocenters. The van der Waals surface area contributed by atoms with Crippen molar-refractivity contribution in [1.82, 2.24) is 4.98 Å². The Kier molecular flexibility index (Phi) is 4.59. The third-order valence-electron chi connectivity index (χ3n) is 4.22. The van der Waals surface area contributed by atoms with Gasteiger partial charge in [0, 0.05) is 11.3 Å². The van der Waals surface area contributed by atoms with Crippen LogP contribution in [0.5, 0.6) is 0 Å². The normalized spacial score (nSPS) is 11.3. The Morgan fingerprint density at radius 3 is 2.39 bits per heavy atom. The van der Waals surface area contributed by atoms with Crippen molar-refractivity contribution in [2.24, 2.45) is 0 Å². The quantitative estimate of drug-likeness (QED) is 0.521. The van der Waals surface area contributed by atoms with Crippen LogP contribution >= 0.6 is 11.3 Å². The molecule has 1 aromatic heterocycles. The minimum Gasteiger partial charge on any atom is -0.280 e. The van der Waals surface area contributed by atoms with Gasteiger partial charge in [-0.25, -0.2) is 13.4 Å². The van der Waals surface area contributed by atoms with Crippen molar-refractivity contribution < 1.29 is 8.42 Å².